The standard InChI is InChI=1S/C23H22N6O4S/c1-28-13-21(27-15-28)34(33)29(12-17-10-24-14-26-17)18-7-8-19(23(32)25-11-22(30)31)20(9-18)16-5-3-2-4-6-16/h2-10,13-15H,11-12H2,1H3,(H,24,26)(H,25,32)(H,30,31). The first-order valence-electron chi connectivity index (χ1n) is 10.3. The van der Waals surface area contributed by atoms with E-state index < -0.39 is 29.4 Å². The van der Waals surface area contributed by atoms with Crippen LogP contribution in [0.1, 0.15) is 16.1 Å². The Balaban J connectivity index is 1.78. The van der Waals surface area contributed by atoms with Gasteiger partial charge in [0, 0.05) is 25.0 Å². The molecule has 0 aliphatic carbocycles. The van der Waals surface area contributed by atoms with Gasteiger partial charge in [-0.1, -0.05) is 30.3 Å². The molecule has 1 unspecified atom stereocenters. The van der Waals surface area contributed by atoms with Gasteiger partial charge in [0.15, 0.2) is 16.0 Å². The van der Waals surface area contributed by atoms with Crippen LogP contribution >= 0.6 is 0 Å². The van der Waals surface area contributed by atoms with Gasteiger partial charge >= 0.3 is 5.97 Å². The highest BCUT2D eigenvalue weighted by Crippen LogP contribution is 2.31. The van der Waals surface area contributed by atoms with E-state index in [0.717, 1.165) is 11.3 Å². The number of hydrogen-bond donors (Lipinski definition) is 3. The maximum atomic E-state index is 13.5. The molecule has 1 amide bonds. The minimum atomic E-state index is -1.65. The number of aliphatic carboxylic acids is 1. The molecular weight excluding hydrogens is 456 g/mol. The summed E-state index contributed by atoms with van der Waals surface area (Å²) in [5, 5.41) is 11.7. The number of anilines is 1. The Kier molecular flexibility index (Phi) is 6.83. The molecule has 10 nitrogen and oxygen atoms in total. The number of rotatable bonds is 9. The number of hydrogen-bond acceptors (Lipinski definition) is 5. The van der Waals surface area contributed by atoms with Crippen molar-refractivity contribution < 1.29 is 18.9 Å². The van der Waals surface area contributed by atoms with Crippen LogP contribution in [0.5, 0.6) is 0 Å². The van der Waals surface area contributed by atoms with Crippen molar-refractivity contribution in [1.29, 1.82) is 0 Å². The summed E-state index contributed by atoms with van der Waals surface area (Å²) in [5.41, 5.74) is 2.98. The summed E-state index contributed by atoms with van der Waals surface area (Å²) in [5.74, 6) is -1.65. The lowest BCUT2D eigenvalue weighted by Gasteiger charge is -2.23. The zero-order valence-electron chi connectivity index (χ0n) is 18.2. The molecule has 0 aliphatic heterocycles. The normalized spacial score (nSPS) is 11.7. The van der Waals surface area contributed by atoms with E-state index in [-0.39, 0.29) is 6.54 Å². The first-order valence-corrected chi connectivity index (χ1v) is 11.4. The summed E-state index contributed by atoms with van der Waals surface area (Å²) >= 11 is 0. The Hall–Kier alpha value is -4.25. The van der Waals surface area contributed by atoms with E-state index in [1.54, 1.807) is 59.2 Å². The summed E-state index contributed by atoms with van der Waals surface area (Å²) in [6, 6.07) is 14.3. The molecule has 0 aliphatic rings. The van der Waals surface area contributed by atoms with Gasteiger partial charge in [0.05, 0.1) is 30.6 Å². The van der Waals surface area contributed by atoms with E-state index in [0.29, 0.717) is 21.8 Å². The lowest BCUT2D eigenvalue weighted by Crippen LogP contribution is -2.30. The molecule has 4 aromatic rings. The van der Waals surface area contributed by atoms with E-state index in [4.69, 9.17) is 5.11 Å². The number of benzene rings is 2. The van der Waals surface area contributed by atoms with Gasteiger partial charge in [-0.05, 0) is 29.3 Å². The predicted molar refractivity (Wildman–Crippen MR) is 126 cm³/mol. The molecule has 174 valence electrons. The van der Waals surface area contributed by atoms with Crippen molar-refractivity contribution in [2.24, 2.45) is 7.05 Å². The van der Waals surface area contributed by atoms with Crippen LogP contribution in [0.4, 0.5) is 5.69 Å². The fourth-order valence-corrected chi connectivity index (χ4v) is 4.54. The number of nitrogens with zero attached hydrogens (tertiary/aromatic N) is 4. The Bertz CT molecular complexity index is 1320. The number of carbonyl (C=O) groups is 2. The van der Waals surface area contributed by atoms with Crippen molar-refractivity contribution >= 4 is 28.5 Å². The average Bonchev–Trinajstić information content (AvgIpc) is 3.52. The van der Waals surface area contributed by atoms with Gasteiger partial charge < -0.3 is 20.0 Å². The van der Waals surface area contributed by atoms with E-state index in [1.165, 1.54) is 0 Å². The molecule has 3 N–H and O–H groups in total. The lowest BCUT2D eigenvalue weighted by molar-refractivity contribution is -0.135. The maximum Gasteiger partial charge on any atom is 0.322 e. The number of aromatic nitrogens is 4. The van der Waals surface area contributed by atoms with Gasteiger partial charge in [0.2, 0.25) is 0 Å². The zero-order chi connectivity index (χ0) is 24.1. The summed E-state index contributed by atoms with van der Waals surface area (Å²) in [7, 11) is 0.144. The highest BCUT2D eigenvalue weighted by molar-refractivity contribution is 7.86. The van der Waals surface area contributed by atoms with Crippen LogP contribution in [0.2, 0.25) is 0 Å². The smallest absolute Gasteiger partial charge is 0.322 e. The molecule has 0 bridgehead atoms. The fourth-order valence-electron chi connectivity index (χ4n) is 3.36. The summed E-state index contributed by atoms with van der Waals surface area (Å²) in [4.78, 5) is 35.0. The molecule has 0 fully saturated rings. The molecule has 0 radical (unpaired) electrons. The minimum Gasteiger partial charge on any atom is -0.480 e. The number of carboxylic acid groups (broad SMARTS) is 1. The third kappa shape index (κ3) is 5.21. The van der Waals surface area contributed by atoms with Crippen LogP contribution < -0.4 is 9.62 Å². The van der Waals surface area contributed by atoms with Crippen molar-refractivity contribution in [3.8, 4) is 11.1 Å². The molecule has 2 aromatic carbocycles. The number of H-pyrrole nitrogens is 1. The van der Waals surface area contributed by atoms with Crippen molar-refractivity contribution in [1.82, 2.24) is 24.8 Å². The third-order valence-electron chi connectivity index (χ3n) is 4.95. The molecule has 4 rings (SSSR count). The quantitative estimate of drug-likeness (QED) is 0.338. The van der Waals surface area contributed by atoms with Crippen LogP contribution in [-0.2, 0) is 29.4 Å². The van der Waals surface area contributed by atoms with E-state index in [2.05, 4.69) is 20.3 Å². The van der Waals surface area contributed by atoms with E-state index in [1.807, 2.05) is 30.3 Å². The van der Waals surface area contributed by atoms with Gasteiger partial charge in [0.1, 0.15) is 6.54 Å². The van der Waals surface area contributed by atoms with Crippen LogP contribution in [0.25, 0.3) is 11.1 Å². The third-order valence-corrected chi connectivity index (χ3v) is 6.26. The van der Waals surface area contributed by atoms with Crippen molar-refractivity contribution in [2.45, 2.75) is 11.6 Å². The van der Waals surface area contributed by atoms with Crippen LogP contribution in [0.3, 0.4) is 0 Å². The van der Waals surface area contributed by atoms with E-state index >= 15 is 0 Å². The molecule has 0 spiro atoms. The molecule has 1 atom stereocenters. The van der Waals surface area contributed by atoms with Crippen LogP contribution in [0.15, 0.2) is 78.6 Å². The SMILES string of the molecule is Cn1cnc(S(=O)N(Cc2cnc[nH]2)c2ccc(C(=O)NCC(=O)O)c(-c3ccccc3)c2)c1. The van der Waals surface area contributed by atoms with E-state index in [9.17, 15) is 13.8 Å². The van der Waals surface area contributed by atoms with Gasteiger partial charge in [0.25, 0.3) is 5.91 Å². The maximum absolute atomic E-state index is 13.5. The van der Waals surface area contributed by atoms with Gasteiger partial charge in [-0.3, -0.25) is 13.9 Å². The molecule has 34 heavy (non-hydrogen) atoms. The number of aromatic amines is 1. The second-order valence-electron chi connectivity index (χ2n) is 7.41. The average molecular weight is 479 g/mol. The second kappa shape index (κ2) is 10.1. The number of aryl methyl sites for hydroxylation is 1. The lowest BCUT2D eigenvalue weighted by atomic mass is 9.98. The van der Waals surface area contributed by atoms with Crippen molar-refractivity contribution in [3.63, 3.8) is 0 Å². The second-order valence-corrected chi connectivity index (χ2v) is 8.77. The molecule has 2 heterocycles. The monoisotopic (exact) mass is 478 g/mol. The summed E-state index contributed by atoms with van der Waals surface area (Å²) < 4.78 is 16.9. The number of carboxylic acids is 1. The molecule has 11 heteroatoms. The first-order chi connectivity index (χ1) is 16.4. The summed E-state index contributed by atoms with van der Waals surface area (Å²) in [6.45, 7) is -0.244. The van der Waals surface area contributed by atoms with Crippen molar-refractivity contribution in [2.75, 3.05) is 10.8 Å². The number of carbonyl (C=O) groups excluding carboxylic acids is 1. The van der Waals surface area contributed by atoms with Crippen LogP contribution in [-0.4, -0.2) is 47.3 Å². The highest BCUT2D eigenvalue weighted by Gasteiger charge is 2.22. The summed E-state index contributed by atoms with van der Waals surface area (Å²) in [6.07, 6.45) is 6.45. The Morgan fingerprint density at radius 2 is 2.00 bits per heavy atom. The Labute approximate surface area is 197 Å². The molecule has 0 saturated heterocycles. The fraction of sp³-hybridized carbons (Fsp3) is 0.130. The minimum absolute atomic E-state index is 0.252. The Morgan fingerprint density at radius 3 is 2.65 bits per heavy atom. The first kappa shape index (κ1) is 22.9. The zero-order valence-corrected chi connectivity index (χ0v) is 19.0. The molecule has 2 aromatic heterocycles. The van der Waals surface area contributed by atoms with Gasteiger partial charge in [-0.15, -0.1) is 0 Å². The largest absolute Gasteiger partial charge is 0.480 e. The Morgan fingerprint density at radius 1 is 1.21 bits per heavy atom. The predicted octanol–water partition coefficient (Wildman–Crippen LogP) is 2.35. The molecular formula is C23H22N6O4S. The number of imidazole rings is 2. The number of nitrogens with one attached hydrogen (secondary N) is 2. The highest BCUT2D eigenvalue weighted by atomic mass is 32.2. The molecule has 0 saturated carbocycles. The van der Waals surface area contributed by atoms with Crippen molar-refractivity contribution in [3.05, 3.63) is 84.8 Å². The topological polar surface area (TPSA) is 133 Å². The number of amides is 1. The van der Waals surface area contributed by atoms with Crippen LogP contribution in [0, 0.1) is 0 Å². The van der Waals surface area contributed by atoms with Gasteiger partial charge in [-0.25, -0.2) is 14.2 Å². The van der Waals surface area contributed by atoms with Gasteiger partial charge in [-0.2, -0.15) is 0 Å².